The Hall–Kier alpha value is -1.00. The summed E-state index contributed by atoms with van der Waals surface area (Å²) in [7, 11) is 0. The zero-order chi connectivity index (χ0) is 13.4. The number of amides is 1. The van der Waals surface area contributed by atoms with Gasteiger partial charge >= 0.3 is 0 Å². The highest BCUT2D eigenvalue weighted by molar-refractivity contribution is 8.00. The summed E-state index contributed by atoms with van der Waals surface area (Å²) in [5.41, 5.74) is 6.69. The van der Waals surface area contributed by atoms with Crippen molar-refractivity contribution in [3.05, 3.63) is 29.8 Å². The summed E-state index contributed by atoms with van der Waals surface area (Å²) in [6.45, 7) is 4.72. The fraction of sp³-hybridized carbons (Fsp3) is 0.500. The topological polar surface area (TPSA) is 55.1 Å². The number of nitrogens with one attached hydrogen (secondary N) is 1. The van der Waals surface area contributed by atoms with Crippen LogP contribution in [0.5, 0.6) is 0 Å². The van der Waals surface area contributed by atoms with Gasteiger partial charge in [-0.05, 0) is 30.5 Å². The average molecular weight is 266 g/mol. The van der Waals surface area contributed by atoms with Crippen LogP contribution in [0.2, 0.25) is 0 Å². The highest BCUT2D eigenvalue weighted by Crippen LogP contribution is 2.18. The molecule has 1 aromatic carbocycles. The van der Waals surface area contributed by atoms with E-state index in [-0.39, 0.29) is 5.91 Å². The molecule has 18 heavy (non-hydrogen) atoms. The average Bonchev–Trinajstić information content (AvgIpc) is 2.42. The molecule has 0 spiro atoms. The molecule has 0 unspecified atom stereocenters. The number of rotatable bonds is 7. The van der Waals surface area contributed by atoms with Crippen molar-refractivity contribution in [2.75, 3.05) is 5.75 Å². The summed E-state index contributed by atoms with van der Waals surface area (Å²) in [5.74, 6) is 0.566. The minimum atomic E-state index is 0.104. The Morgan fingerprint density at radius 2 is 2.11 bits per heavy atom. The van der Waals surface area contributed by atoms with E-state index in [2.05, 4.69) is 19.2 Å². The SMILES string of the molecule is CCC(CC)NC(=O)CSc1cccc(CN)c1. The molecule has 0 aromatic heterocycles. The zero-order valence-electron chi connectivity index (χ0n) is 11.1. The van der Waals surface area contributed by atoms with Crippen molar-refractivity contribution in [2.45, 2.75) is 44.2 Å². The van der Waals surface area contributed by atoms with Crippen LogP contribution in [0.3, 0.4) is 0 Å². The fourth-order valence-electron chi connectivity index (χ4n) is 1.67. The van der Waals surface area contributed by atoms with Crippen LogP contribution >= 0.6 is 11.8 Å². The van der Waals surface area contributed by atoms with Crippen molar-refractivity contribution in [3.8, 4) is 0 Å². The summed E-state index contributed by atoms with van der Waals surface area (Å²) in [4.78, 5) is 12.8. The standard InChI is InChI=1S/C14H22N2OS/c1-3-12(4-2)16-14(17)10-18-13-7-5-6-11(8-13)9-15/h5-8,12H,3-4,9-10,15H2,1-2H3,(H,16,17). The quantitative estimate of drug-likeness (QED) is 0.746. The predicted molar refractivity (Wildman–Crippen MR) is 77.6 cm³/mol. The maximum absolute atomic E-state index is 11.7. The molecular weight excluding hydrogens is 244 g/mol. The predicted octanol–water partition coefficient (Wildman–Crippen LogP) is 2.54. The third kappa shape index (κ3) is 5.10. The summed E-state index contributed by atoms with van der Waals surface area (Å²) in [5, 5.41) is 3.03. The van der Waals surface area contributed by atoms with Crippen LogP contribution in [0.4, 0.5) is 0 Å². The van der Waals surface area contributed by atoms with Gasteiger partial charge in [-0.2, -0.15) is 0 Å². The van der Waals surface area contributed by atoms with Gasteiger partial charge in [0.05, 0.1) is 5.75 Å². The molecule has 0 aliphatic carbocycles. The Labute approximate surface area is 114 Å². The van der Waals surface area contributed by atoms with Crippen molar-refractivity contribution < 1.29 is 4.79 Å². The fourth-order valence-corrected chi connectivity index (χ4v) is 2.46. The van der Waals surface area contributed by atoms with Crippen molar-refractivity contribution >= 4 is 17.7 Å². The first-order chi connectivity index (χ1) is 8.69. The molecule has 1 aromatic rings. The van der Waals surface area contributed by atoms with E-state index in [1.165, 1.54) is 0 Å². The lowest BCUT2D eigenvalue weighted by atomic mass is 10.2. The van der Waals surface area contributed by atoms with Crippen LogP contribution in [-0.2, 0) is 11.3 Å². The van der Waals surface area contributed by atoms with Crippen LogP contribution < -0.4 is 11.1 Å². The second kappa shape index (κ2) is 8.16. The second-order valence-corrected chi connectivity index (χ2v) is 5.27. The van der Waals surface area contributed by atoms with Gasteiger partial charge in [-0.15, -0.1) is 11.8 Å². The van der Waals surface area contributed by atoms with Crippen molar-refractivity contribution in [3.63, 3.8) is 0 Å². The Morgan fingerprint density at radius 1 is 1.39 bits per heavy atom. The van der Waals surface area contributed by atoms with Crippen molar-refractivity contribution in [1.29, 1.82) is 0 Å². The molecule has 0 heterocycles. The maximum Gasteiger partial charge on any atom is 0.230 e. The molecule has 0 atom stereocenters. The van der Waals surface area contributed by atoms with E-state index in [1.54, 1.807) is 11.8 Å². The number of carbonyl (C=O) groups excluding carboxylic acids is 1. The van der Waals surface area contributed by atoms with Crippen LogP contribution in [0.15, 0.2) is 29.2 Å². The lowest BCUT2D eigenvalue weighted by Crippen LogP contribution is -2.34. The molecule has 0 saturated carbocycles. The van der Waals surface area contributed by atoms with Gasteiger partial charge in [0.15, 0.2) is 0 Å². The molecule has 100 valence electrons. The number of benzene rings is 1. The molecule has 0 radical (unpaired) electrons. The Kier molecular flexibility index (Phi) is 6.83. The highest BCUT2D eigenvalue weighted by Gasteiger charge is 2.08. The number of hydrogen-bond acceptors (Lipinski definition) is 3. The third-order valence-corrected chi connectivity index (χ3v) is 3.85. The van der Waals surface area contributed by atoms with Gasteiger partial charge in [0, 0.05) is 17.5 Å². The monoisotopic (exact) mass is 266 g/mol. The van der Waals surface area contributed by atoms with Crippen LogP contribution in [0, 0.1) is 0 Å². The lowest BCUT2D eigenvalue weighted by Gasteiger charge is -2.14. The summed E-state index contributed by atoms with van der Waals surface area (Å²) in [6, 6.07) is 8.31. The Morgan fingerprint density at radius 3 is 2.72 bits per heavy atom. The summed E-state index contributed by atoms with van der Waals surface area (Å²) in [6.07, 6.45) is 1.96. The zero-order valence-corrected chi connectivity index (χ0v) is 11.9. The van der Waals surface area contributed by atoms with Gasteiger partial charge in [-0.1, -0.05) is 26.0 Å². The molecule has 0 saturated heterocycles. The van der Waals surface area contributed by atoms with Crippen LogP contribution in [0.25, 0.3) is 0 Å². The third-order valence-electron chi connectivity index (χ3n) is 2.85. The van der Waals surface area contributed by atoms with Crippen molar-refractivity contribution in [2.24, 2.45) is 5.73 Å². The Bertz CT molecular complexity index is 378. The highest BCUT2D eigenvalue weighted by atomic mass is 32.2. The number of thioether (sulfide) groups is 1. The minimum absolute atomic E-state index is 0.104. The smallest absolute Gasteiger partial charge is 0.230 e. The van der Waals surface area contributed by atoms with Gasteiger partial charge in [0.25, 0.3) is 0 Å². The number of carbonyl (C=O) groups is 1. The molecule has 0 aliphatic heterocycles. The van der Waals surface area contributed by atoms with E-state index >= 15 is 0 Å². The Balaban J connectivity index is 2.42. The molecule has 0 bridgehead atoms. The van der Waals surface area contributed by atoms with Gasteiger partial charge in [-0.25, -0.2) is 0 Å². The van der Waals surface area contributed by atoms with E-state index < -0.39 is 0 Å². The van der Waals surface area contributed by atoms with Crippen LogP contribution in [0.1, 0.15) is 32.3 Å². The van der Waals surface area contributed by atoms with E-state index in [0.29, 0.717) is 18.3 Å². The largest absolute Gasteiger partial charge is 0.353 e. The summed E-state index contributed by atoms with van der Waals surface area (Å²) >= 11 is 1.55. The van der Waals surface area contributed by atoms with E-state index in [9.17, 15) is 4.79 Å². The molecule has 3 nitrogen and oxygen atoms in total. The van der Waals surface area contributed by atoms with E-state index in [4.69, 9.17) is 5.73 Å². The van der Waals surface area contributed by atoms with E-state index in [0.717, 1.165) is 23.3 Å². The molecule has 1 amide bonds. The first kappa shape index (κ1) is 15.1. The van der Waals surface area contributed by atoms with Crippen LogP contribution in [-0.4, -0.2) is 17.7 Å². The molecular formula is C14H22N2OS. The maximum atomic E-state index is 11.7. The van der Waals surface area contributed by atoms with Gasteiger partial charge < -0.3 is 11.1 Å². The van der Waals surface area contributed by atoms with Gasteiger partial charge in [0.2, 0.25) is 5.91 Å². The molecule has 4 heteroatoms. The number of nitrogens with two attached hydrogens (primary N) is 1. The van der Waals surface area contributed by atoms with Gasteiger partial charge in [0.1, 0.15) is 0 Å². The summed E-state index contributed by atoms with van der Waals surface area (Å²) < 4.78 is 0. The minimum Gasteiger partial charge on any atom is -0.353 e. The van der Waals surface area contributed by atoms with Gasteiger partial charge in [-0.3, -0.25) is 4.79 Å². The van der Waals surface area contributed by atoms with E-state index in [1.807, 2.05) is 24.3 Å². The van der Waals surface area contributed by atoms with Crippen molar-refractivity contribution in [1.82, 2.24) is 5.32 Å². The number of hydrogen-bond donors (Lipinski definition) is 2. The molecule has 3 N–H and O–H groups in total. The first-order valence-corrected chi connectivity index (χ1v) is 7.39. The second-order valence-electron chi connectivity index (χ2n) is 4.22. The molecule has 0 aliphatic rings. The first-order valence-electron chi connectivity index (χ1n) is 6.40. The normalized spacial score (nSPS) is 10.7. The lowest BCUT2D eigenvalue weighted by molar-refractivity contribution is -0.119. The molecule has 1 rings (SSSR count). The molecule has 0 fully saturated rings.